The third kappa shape index (κ3) is 6.90. The monoisotopic (exact) mass is 516 g/mol. The van der Waals surface area contributed by atoms with Crippen LogP contribution in [0.1, 0.15) is 10.4 Å². The Hall–Kier alpha value is -4.28. The Kier molecular flexibility index (Phi) is 8.11. The molecule has 9 nitrogen and oxygen atoms in total. The van der Waals surface area contributed by atoms with Gasteiger partial charge in [0.25, 0.3) is 11.5 Å². The predicted molar refractivity (Wildman–Crippen MR) is 148 cm³/mol. The number of nitrogens with zero attached hydrogens (tertiary/aromatic N) is 3. The summed E-state index contributed by atoms with van der Waals surface area (Å²) in [5, 5.41) is 7.60. The molecule has 0 aliphatic carbocycles. The number of benzene rings is 2. The summed E-state index contributed by atoms with van der Waals surface area (Å²) < 4.78 is 1.71. The van der Waals surface area contributed by atoms with Gasteiger partial charge >= 0.3 is 0 Å². The van der Waals surface area contributed by atoms with Gasteiger partial charge in [0.1, 0.15) is 0 Å². The number of likely N-dealkylation sites (N-methyl/N-ethyl adjacent to an activating group) is 1. The minimum absolute atomic E-state index is 0.0358. The van der Waals surface area contributed by atoms with E-state index in [1.165, 1.54) is 11.3 Å². The van der Waals surface area contributed by atoms with Crippen LogP contribution < -0.4 is 21.9 Å². The molecular weight excluding hydrogens is 488 g/mol. The van der Waals surface area contributed by atoms with Gasteiger partial charge < -0.3 is 25.8 Å². The second-order valence-corrected chi connectivity index (χ2v) is 9.58. The SMILES string of the molecule is CN(C)CCn1cc(-c2cccc(-c3csc(NC(=O)CNC(=O)c4ccc(N)cc4)n3)c2)ccc1=O. The van der Waals surface area contributed by atoms with Gasteiger partial charge in [-0.25, -0.2) is 4.98 Å². The third-order valence-corrected chi connectivity index (χ3v) is 6.35. The van der Waals surface area contributed by atoms with Crippen LogP contribution in [0.4, 0.5) is 10.8 Å². The fourth-order valence-corrected chi connectivity index (χ4v) is 4.30. The first-order chi connectivity index (χ1) is 17.8. The Balaban J connectivity index is 1.40. The number of anilines is 2. The molecule has 0 aliphatic heterocycles. The maximum atomic E-state index is 12.3. The van der Waals surface area contributed by atoms with Gasteiger partial charge in [-0.15, -0.1) is 11.3 Å². The van der Waals surface area contributed by atoms with Gasteiger partial charge in [-0.05, 0) is 61.6 Å². The highest BCUT2D eigenvalue weighted by Crippen LogP contribution is 2.28. The molecule has 4 N–H and O–H groups in total. The number of hydrogen-bond donors (Lipinski definition) is 3. The Bertz CT molecular complexity index is 1460. The van der Waals surface area contributed by atoms with Crippen LogP contribution in [0.3, 0.4) is 0 Å². The molecule has 4 aromatic rings. The first-order valence-corrected chi connectivity index (χ1v) is 12.5. The van der Waals surface area contributed by atoms with Crippen molar-refractivity contribution in [3.63, 3.8) is 0 Å². The molecule has 2 amide bonds. The first-order valence-electron chi connectivity index (χ1n) is 11.6. The molecule has 2 aromatic carbocycles. The number of carbonyl (C=O) groups is 2. The Morgan fingerprint density at radius 2 is 1.78 bits per heavy atom. The third-order valence-electron chi connectivity index (χ3n) is 5.60. The number of pyridine rings is 1. The number of rotatable bonds is 9. The summed E-state index contributed by atoms with van der Waals surface area (Å²) in [6.45, 7) is 1.19. The largest absolute Gasteiger partial charge is 0.399 e. The minimum atomic E-state index is -0.376. The van der Waals surface area contributed by atoms with E-state index in [0.29, 0.717) is 28.6 Å². The van der Waals surface area contributed by atoms with Crippen LogP contribution in [0.25, 0.3) is 22.4 Å². The summed E-state index contributed by atoms with van der Waals surface area (Å²) in [7, 11) is 3.95. The van der Waals surface area contributed by atoms with Crippen LogP contribution in [-0.2, 0) is 11.3 Å². The second kappa shape index (κ2) is 11.6. The number of thiazole rings is 1. The molecule has 0 atom stereocenters. The van der Waals surface area contributed by atoms with Crippen molar-refractivity contribution in [3.8, 4) is 22.4 Å². The zero-order valence-corrected chi connectivity index (χ0v) is 21.4. The quantitative estimate of drug-likeness (QED) is 0.294. The van der Waals surface area contributed by atoms with Crippen LogP contribution in [-0.4, -0.2) is 53.5 Å². The van der Waals surface area contributed by atoms with E-state index in [2.05, 4.69) is 15.6 Å². The average Bonchev–Trinajstić information content (AvgIpc) is 3.35. The maximum absolute atomic E-state index is 12.3. The van der Waals surface area contributed by atoms with E-state index in [0.717, 1.165) is 23.2 Å². The first kappa shape index (κ1) is 25.8. The average molecular weight is 517 g/mol. The zero-order chi connectivity index (χ0) is 26.4. The van der Waals surface area contributed by atoms with Crippen LogP contribution in [0, 0.1) is 0 Å². The maximum Gasteiger partial charge on any atom is 0.251 e. The lowest BCUT2D eigenvalue weighted by Gasteiger charge is -2.12. The Morgan fingerprint density at radius 1 is 1.03 bits per heavy atom. The molecule has 2 heterocycles. The van der Waals surface area contributed by atoms with Gasteiger partial charge in [0.2, 0.25) is 5.91 Å². The van der Waals surface area contributed by atoms with Crippen molar-refractivity contribution >= 4 is 34.0 Å². The molecule has 0 saturated heterocycles. The molecular formula is C27H28N6O3S. The number of nitrogens with one attached hydrogen (secondary N) is 2. The summed E-state index contributed by atoms with van der Waals surface area (Å²) in [5.41, 5.74) is 10.1. The highest BCUT2D eigenvalue weighted by atomic mass is 32.1. The lowest BCUT2D eigenvalue weighted by molar-refractivity contribution is -0.115. The lowest BCUT2D eigenvalue weighted by Crippen LogP contribution is -2.32. The van der Waals surface area contributed by atoms with E-state index >= 15 is 0 Å². The summed E-state index contributed by atoms with van der Waals surface area (Å²) in [6, 6.07) is 17.7. The van der Waals surface area contributed by atoms with Gasteiger partial charge in [0.05, 0.1) is 12.2 Å². The van der Waals surface area contributed by atoms with E-state index in [1.807, 2.05) is 60.9 Å². The lowest BCUT2D eigenvalue weighted by atomic mass is 10.0. The molecule has 0 unspecified atom stereocenters. The molecule has 0 aliphatic rings. The standard InChI is InChI=1S/C27H28N6O3S/c1-32(2)12-13-33-16-21(8-11-25(33)35)19-4-3-5-20(14-19)23-17-37-27(30-23)31-24(34)15-29-26(36)18-6-9-22(28)10-7-18/h3-11,14,16-17H,12-13,15,28H2,1-2H3,(H,29,36)(H,30,31,34). The number of aromatic nitrogens is 2. The molecule has 0 fully saturated rings. The van der Waals surface area contributed by atoms with E-state index in [4.69, 9.17) is 5.73 Å². The summed E-state index contributed by atoms with van der Waals surface area (Å²) in [5.74, 6) is -0.738. The molecule has 0 radical (unpaired) electrons. The van der Waals surface area contributed by atoms with Crippen molar-refractivity contribution in [3.05, 3.63) is 88.2 Å². The fourth-order valence-electron chi connectivity index (χ4n) is 3.57. The zero-order valence-electron chi connectivity index (χ0n) is 20.6. The molecule has 0 saturated carbocycles. The summed E-state index contributed by atoms with van der Waals surface area (Å²) >= 11 is 1.30. The molecule has 0 spiro atoms. The summed E-state index contributed by atoms with van der Waals surface area (Å²) in [4.78, 5) is 43.3. The van der Waals surface area contributed by atoms with Gasteiger partial charge in [0.15, 0.2) is 5.13 Å². The number of nitrogen functional groups attached to an aromatic ring is 1. The fraction of sp³-hybridized carbons (Fsp3) is 0.185. The smallest absolute Gasteiger partial charge is 0.251 e. The molecule has 4 rings (SSSR count). The van der Waals surface area contributed by atoms with Crippen LogP contribution in [0.2, 0.25) is 0 Å². The highest BCUT2D eigenvalue weighted by Gasteiger charge is 2.12. The second-order valence-electron chi connectivity index (χ2n) is 8.72. The van der Waals surface area contributed by atoms with E-state index in [-0.39, 0.29) is 23.9 Å². The number of nitrogens with two attached hydrogens (primary N) is 1. The van der Waals surface area contributed by atoms with E-state index in [9.17, 15) is 14.4 Å². The molecule has 10 heteroatoms. The van der Waals surface area contributed by atoms with Gasteiger partial charge in [0, 0.05) is 47.5 Å². The van der Waals surface area contributed by atoms with Crippen molar-refractivity contribution < 1.29 is 9.59 Å². The molecule has 2 aromatic heterocycles. The topological polar surface area (TPSA) is 122 Å². The van der Waals surface area contributed by atoms with Gasteiger partial charge in [-0.2, -0.15) is 0 Å². The van der Waals surface area contributed by atoms with Crippen molar-refractivity contribution in [2.24, 2.45) is 0 Å². The normalized spacial score (nSPS) is 10.9. The van der Waals surface area contributed by atoms with Crippen LogP contribution >= 0.6 is 11.3 Å². The van der Waals surface area contributed by atoms with Crippen molar-refractivity contribution in [1.29, 1.82) is 0 Å². The van der Waals surface area contributed by atoms with Crippen LogP contribution in [0.15, 0.2) is 77.0 Å². The molecule has 190 valence electrons. The van der Waals surface area contributed by atoms with E-state index < -0.39 is 0 Å². The van der Waals surface area contributed by atoms with Crippen molar-refractivity contribution in [1.82, 2.24) is 19.8 Å². The summed E-state index contributed by atoms with van der Waals surface area (Å²) in [6.07, 6.45) is 1.87. The molecule has 37 heavy (non-hydrogen) atoms. The molecule has 0 bridgehead atoms. The predicted octanol–water partition coefficient (Wildman–Crippen LogP) is 3.15. The highest BCUT2D eigenvalue weighted by molar-refractivity contribution is 7.14. The number of carbonyl (C=O) groups excluding carboxylic acids is 2. The van der Waals surface area contributed by atoms with Crippen molar-refractivity contribution in [2.45, 2.75) is 6.54 Å². The Morgan fingerprint density at radius 3 is 2.54 bits per heavy atom. The minimum Gasteiger partial charge on any atom is -0.399 e. The van der Waals surface area contributed by atoms with Crippen LogP contribution in [0.5, 0.6) is 0 Å². The van der Waals surface area contributed by atoms with Gasteiger partial charge in [-0.3, -0.25) is 14.4 Å². The Labute approximate surface area is 218 Å². The number of amides is 2. The number of hydrogen-bond acceptors (Lipinski definition) is 7. The van der Waals surface area contributed by atoms with E-state index in [1.54, 1.807) is 34.9 Å². The van der Waals surface area contributed by atoms with Gasteiger partial charge in [-0.1, -0.05) is 18.2 Å². The van der Waals surface area contributed by atoms with Crippen molar-refractivity contribution in [2.75, 3.05) is 38.2 Å².